The Bertz CT molecular complexity index is 1310. The van der Waals surface area contributed by atoms with Crippen LogP contribution in [0.1, 0.15) is 58.6 Å². The maximum absolute atomic E-state index is 13.8. The molecule has 3 aromatic rings. The lowest BCUT2D eigenvalue weighted by molar-refractivity contribution is -0.145. The summed E-state index contributed by atoms with van der Waals surface area (Å²) in [6.07, 6.45) is 5.95. The van der Waals surface area contributed by atoms with E-state index >= 15 is 0 Å². The highest BCUT2D eigenvalue weighted by atomic mass is 31.2. The van der Waals surface area contributed by atoms with Crippen molar-refractivity contribution in [1.82, 2.24) is 24.6 Å². The van der Waals surface area contributed by atoms with Crippen LogP contribution in [0.15, 0.2) is 36.7 Å². The molecule has 40 heavy (non-hydrogen) atoms. The van der Waals surface area contributed by atoms with Crippen molar-refractivity contribution in [2.45, 2.75) is 70.7 Å². The molecule has 1 saturated heterocycles. The number of carbonyl (C=O) groups is 1. The second-order valence-electron chi connectivity index (χ2n) is 9.49. The third-order valence-electron chi connectivity index (χ3n) is 6.35. The zero-order valence-electron chi connectivity index (χ0n) is 23.0. The molecule has 3 N–H and O–H groups in total. The summed E-state index contributed by atoms with van der Waals surface area (Å²) in [6.45, 7) is 3.94. The molecule has 0 radical (unpaired) electrons. The minimum absolute atomic E-state index is 0.0422. The van der Waals surface area contributed by atoms with Gasteiger partial charge in [0.15, 0.2) is 17.0 Å². The lowest BCUT2D eigenvalue weighted by Gasteiger charge is -2.24. The van der Waals surface area contributed by atoms with Gasteiger partial charge in [0.2, 0.25) is 0 Å². The highest BCUT2D eigenvalue weighted by Gasteiger charge is 2.36. The molecule has 3 heterocycles. The maximum Gasteiger partial charge on any atom is 0.459 e. The number of para-hydroxylation sites is 1. The van der Waals surface area contributed by atoms with Crippen molar-refractivity contribution in [3.05, 3.63) is 36.7 Å². The van der Waals surface area contributed by atoms with Gasteiger partial charge < -0.3 is 24.5 Å². The molecule has 1 unspecified atom stereocenters. The number of hydrogen-bond acceptors (Lipinski definition) is 11. The molecule has 4 atom stereocenters. The number of nitrogens with zero attached hydrogens (tertiary/aromatic N) is 4. The quantitative estimate of drug-likeness (QED) is 0.149. The number of ether oxygens (including phenoxy) is 3. The van der Waals surface area contributed by atoms with Crippen LogP contribution in [0.4, 0.5) is 5.82 Å². The molecule has 2 aromatic heterocycles. The van der Waals surface area contributed by atoms with E-state index in [1.807, 2.05) is 6.07 Å². The van der Waals surface area contributed by atoms with E-state index < -0.39 is 32.1 Å². The second-order valence-corrected chi connectivity index (χ2v) is 11.2. The van der Waals surface area contributed by atoms with Crippen molar-refractivity contribution < 1.29 is 32.6 Å². The molecule has 218 valence electrons. The van der Waals surface area contributed by atoms with Gasteiger partial charge in [0.25, 0.3) is 0 Å². The first-order valence-corrected chi connectivity index (χ1v) is 15.0. The highest BCUT2D eigenvalue weighted by Crippen LogP contribution is 2.46. The number of hydrogen-bond donors (Lipinski definition) is 2. The largest absolute Gasteiger partial charge is 0.467 e. The van der Waals surface area contributed by atoms with Crippen LogP contribution in [0.5, 0.6) is 11.8 Å². The SMILES string of the molecule is CCCCCCOC(=O)[C@H](C)NP(=O)(OC[C@@H]1CC[C@H](n2cnc3c(N)nc(OC)nc32)O1)Oc1ccccc1. The van der Waals surface area contributed by atoms with Crippen LogP contribution in [0.25, 0.3) is 11.2 Å². The lowest BCUT2D eigenvalue weighted by atomic mass is 10.2. The maximum atomic E-state index is 13.8. The van der Waals surface area contributed by atoms with Gasteiger partial charge >= 0.3 is 19.7 Å². The summed E-state index contributed by atoms with van der Waals surface area (Å²) in [5, 5.41) is 2.72. The number of nitrogen functional groups attached to an aromatic ring is 1. The zero-order chi connectivity index (χ0) is 28.5. The van der Waals surface area contributed by atoms with E-state index in [0.717, 1.165) is 25.7 Å². The number of imidazole rings is 1. The van der Waals surface area contributed by atoms with Crippen LogP contribution in [0.2, 0.25) is 0 Å². The average Bonchev–Trinajstić information content (AvgIpc) is 3.59. The Morgan fingerprint density at radius 2 is 2.02 bits per heavy atom. The van der Waals surface area contributed by atoms with E-state index in [2.05, 4.69) is 27.0 Å². The van der Waals surface area contributed by atoms with Crippen molar-refractivity contribution in [3.63, 3.8) is 0 Å². The normalized spacial score (nSPS) is 19.3. The molecule has 1 aliphatic rings. The number of unbranched alkanes of at least 4 members (excludes halogenated alkanes) is 3. The first-order valence-electron chi connectivity index (χ1n) is 13.4. The van der Waals surface area contributed by atoms with Gasteiger partial charge in [-0.2, -0.15) is 15.1 Å². The summed E-state index contributed by atoms with van der Waals surface area (Å²) >= 11 is 0. The number of methoxy groups -OCH3 is 1. The van der Waals surface area contributed by atoms with Gasteiger partial charge in [0, 0.05) is 0 Å². The van der Waals surface area contributed by atoms with Crippen LogP contribution >= 0.6 is 7.75 Å². The molecule has 14 heteroatoms. The van der Waals surface area contributed by atoms with Crippen molar-refractivity contribution in [2.75, 3.05) is 26.1 Å². The van der Waals surface area contributed by atoms with Crippen molar-refractivity contribution in [1.29, 1.82) is 0 Å². The van der Waals surface area contributed by atoms with Crippen LogP contribution < -0.4 is 20.1 Å². The minimum Gasteiger partial charge on any atom is -0.467 e. The Kier molecular flexibility index (Phi) is 10.3. The number of rotatable bonds is 15. The smallest absolute Gasteiger partial charge is 0.459 e. The molecule has 4 rings (SSSR count). The first kappa shape index (κ1) is 29.7. The number of carbonyl (C=O) groups excluding carboxylic acids is 1. The third-order valence-corrected chi connectivity index (χ3v) is 8.00. The topological polar surface area (TPSA) is 162 Å². The van der Waals surface area contributed by atoms with E-state index in [0.29, 0.717) is 36.4 Å². The number of nitrogens with one attached hydrogen (secondary N) is 1. The van der Waals surface area contributed by atoms with Crippen LogP contribution in [-0.2, 0) is 23.4 Å². The molecule has 1 aliphatic heterocycles. The van der Waals surface area contributed by atoms with Gasteiger partial charge in [-0.3, -0.25) is 13.9 Å². The van der Waals surface area contributed by atoms with Crippen molar-refractivity contribution in [3.8, 4) is 11.8 Å². The fourth-order valence-electron chi connectivity index (χ4n) is 4.24. The van der Waals surface area contributed by atoms with Gasteiger partial charge in [0.05, 0.1) is 32.8 Å². The molecule has 1 aromatic carbocycles. The summed E-state index contributed by atoms with van der Waals surface area (Å²) in [6, 6.07) is 7.83. The minimum atomic E-state index is -3.99. The van der Waals surface area contributed by atoms with Crippen molar-refractivity contribution >= 4 is 30.7 Å². The summed E-state index contributed by atoms with van der Waals surface area (Å²) in [5.74, 6) is 0.00907. The van der Waals surface area contributed by atoms with E-state index in [1.54, 1.807) is 42.1 Å². The lowest BCUT2D eigenvalue weighted by Crippen LogP contribution is -2.35. The first-order chi connectivity index (χ1) is 19.3. The summed E-state index contributed by atoms with van der Waals surface area (Å²) < 4.78 is 43.7. The van der Waals surface area contributed by atoms with Gasteiger partial charge in [-0.25, -0.2) is 9.55 Å². The molecule has 0 amide bonds. The Morgan fingerprint density at radius 3 is 2.77 bits per heavy atom. The summed E-state index contributed by atoms with van der Waals surface area (Å²) in [4.78, 5) is 25.3. The van der Waals surface area contributed by atoms with Crippen LogP contribution in [-0.4, -0.2) is 58.0 Å². The molecule has 0 aliphatic carbocycles. The Hall–Kier alpha value is -3.25. The summed E-state index contributed by atoms with van der Waals surface area (Å²) in [5.41, 5.74) is 6.91. The monoisotopic (exact) mass is 576 g/mol. The fourth-order valence-corrected chi connectivity index (χ4v) is 5.76. The number of anilines is 1. The Balaban J connectivity index is 1.39. The van der Waals surface area contributed by atoms with Gasteiger partial charge in [-0.1, -0.05) is 44.4 Å². The molecular formula is C26H37N6O7P. The highest BCUT2D eigenvalue weighted by molar-refractivity contribution is 7.52. The molecule has 0 saturated carbocycles. The van der Waals surface area contributed by atoms with Crippen LogP contribution in [0, 0.1) is 0 Å². The van der Waals surface area contributed by atoms with Crippen LogP contribution in [0.3, 0.4) is 0 Å². The van der Waals surface area contributed by atoms with Gasteiger partial charge in [0.1, 0.15) is 18.0 Å². The molecule has 1 fully saturated rings. The number of esters is 1. The van der Waals surface area contributed by atoms with E-state index in [1.165, 1.54) is 7.11 Å². The molecule has 0 spiro atoms. The number of benzene rings is 1. The fraction of sp³-hybridized carbons (Fsp3) is 0.538. The molecule has 0 bridgehead atoms. The number of nitrogens with two attached hydrogens (primary N) is 1. The predicted octanol–water partition coefficient (Wildman–Crippen LogP) is 4.40. The number of aromatic nitrogens is 4. The number of fused-ring (bicyclic) bond motifs is 1. The van der Waals surface area contributed by atoms with Gasteiger partial charge in [-0.15, -0.1) is 0 Å². The zero-order valence-corrected chi connectivity index (χ0v) is 23.9. The Morgan fingerprint density at radius 1 is 1.23 bits per heavy atom. The molecule has 13 nitrogen and oxygen atoms in total. The third kappa shape index (κ3) is 7.69. The standard InChI is InChI=1S/C26H37N6O7P/c1-4-5-6-10-15-36-25(33)18(2)31-40(34,39-19-11-8-7-9-12-19)37-16-20-13-14-21(38-20)32-17-28-22-23(27)29-26(35-3)30-24(22)32/h7-9,11-12,17-18,20-21H,4-6,10,13-16H2,1-3H3,(H,31,34)(H2,27,29,30)/t18-,20-,21+,40?/m0/s1. The van der Waals surface area contributed by atoms with Crippen molar-refractivity contribution in [2.24, 2.45) is 0 Å². The van der Waals surface area contributed by atoms with Gasteiger partial charge in [-0.05, 0) is 38.3 Å². The average molecular weight is 577 g/mol. The summed E-state index contributed by atoms with van der Waals surface area (Å²) in [7, 11) is -2.54. The second kappa shape index (κ2) is 13.9. The van der Waals surface area contributed by atoms with E-state index in [-0.39, 0.29) is 18.4 Å². The Labute approximate surface area is 233 Å². The van der Waals surface area contributed by atoms with E-state index in [4.69, 9.17) is 29.0 Å². The van der Waals surface area contributed by atoms with E-state index in [9.17, 15) is 9.36 Å². The molecular weight excluding hydrogens is 539 g/mol. The predicted molar refractivity (Wildman–Crippen MR) is 148 cm³/mol.